The number of nitrogens with two attached hydrogens (primary N) is 1. The number of Topliss-reactive ketones (excluding diaryl/α,β-unsaturated/α-hetero) is 3. The number of carbonyl (C=O) groups excluding carboxylic acids is 6. The van der Waals surface area contributed by atoms with E-state index in [1.165, 1.54) is 25.7 Å². The van der Waals surface area contributed by atoms with Gasteiger partial charge >= 0.3 is 29.8 Å². The van der Waals surface area contributed by atoms with Gasteiger partial charge in [-0.3, -0.25) is 43.2 Å². The summed E-state index contributed by atoms with van der Waals surface area (Å²) in [4.78, 5) is 133. The Morgan fingerprint density at radius 2 is 0.797 bits per heavy atom. The summed E-state index contributed by atoms with van der Waals surface area (Å²) in [5.74, 6) is -12.0. The van der Waals surface area contributed by atoms with Crippen LogP contribution >= 0.6 is 0 Å². The van der Waals surface area contributed by atoms with Crippen molar-refractivity contribution >= 4 is 64.9 Å². The summed E-state index contributed by atoms with van der Waals surface area (Å²) in [6.07, 6.45) is 13.8. The maximum absolute atomic E-state index is 12.7. The summed E-state index contributed by atoms with van der Waals surface area (Å²) in [5, 5.41) is 54.5. The summed E-state index contributed by atoms with van der Waals surface area (Å²) < 4.78 is 0. The Balaban J connectivity index is 4.58. The van der Waals surface area contributed by atoms with Crippen molar-refractivity contribution in [1.29, 1.82) is 0 Å². The highest BCUT2D eigenvalue weighted by atomic mass is 16.4. The molecule has 0 spiro atoms. The van der Waals surface area contributed by atoms with Crippen molar-refractivity contribution in [3.63, 3.8) is 0 Å². The first-order valence-electron chi connectivity index (χ1n) is 25.1. The highest BCUT2D eigenvalue weighted by molar-refractivity contribution is 5.88. The lowest BCUT2D eigenvalue weighted by molar-refractivity contribution is -0.145. The van der Waals surface area contributed by atoms with E-state index >= 15 is 0 Å². The molecule has 0 heterocycles. The molecule has 0 unspecified atom stereocenters. The first-order valence-corrected chi connectivity index (χ1v) is 25.1. The van der Waals surface area contributed by atoms with Crippen LogP contribution in [0.15, 0.2) is 0 Å². The second-order valence-electron chi connectivity index (χ2n) is 18.1. The van der Waals surface area contributed by atoms with Gasteiger partial charge in [0, 0.05) is 63.8 Å². The molecule has 3 amide bonds. The largest absolute Gasteiger partial charge is 0.481 e. The molecule has 20 heteroatoms. The van der Waals surface area contributed by atoms with E-state index in [1.54, 1.807) is 0 Å². The zero-order chi connectivity index (χ0) is 52.0. The van der Waals surface area contributed by atoms with Crippen LogP contribution in [0.5, 0.6) is 0 Å². The van der Waals surface area contributed by atoms with Crippen LogP contribution < -0.4 is 21.7 Å². The quantitative estimate of drug-likeness (QED) is 0.0329. The van der Waals surface area contributed by atoms with Crippen molar-refractivity contribution in [2.45, 2.75) is 212 Å². The van der Waals surface area contributed by atoms with Gasteiger partial charge in [-0.1, -0.05) is 90.4 Å². The van der Waals surface area contributed by atoms with Gasteiger partial charge in [-0.25, -0.2) is 9.59 Å². The minimum Gasteiger partial charge on any atom is -0.481 e. The van der Waals surface area contributed by atoms with Gasteiger partial charge in [0.05, 0.1) is 18.4 Å². The van der Waals surface area contributed by atoms with Crippen molar-refractivity contribution in [2.75, 3.05) is 13.1 Å². The average molecular weight is 983 g/mol. The monoisotopic (exact) mass is 983 g/mol. The topological polar surface area (TPSA) is 351 Å². The van der Waals surface area contributed by atoms with E-state index in [1.807, 2.05) is 6.92 Å². The van der Waals surface area contributed by atoms with Crippen molar-refractivity contribution in [3.05, 3.63) is 0 Å². The SMILES string of the molecule is CC[C@@H](CCCCNC(=O)CC[C@H](NC(=O)CC[C@H](CC(=O)CC[C@H](NC(=O)CC[C@H](CC(=O)CCCCCCCCCCCCCCCCC(=O)O)C(=O)O)C(=O)O)C(=O)O)C(=O)O)C(=O)CN. The molecule has 10 N–H and O–H groups in total. The maximum atomic E-state index is 12.7. The predicted molar refractivity (Wildman–Crippen MR) is 254 cm³/mol. The molecule has 0 aromatic rings. The van der Waals surface area contributed by atoms with E-state index in [4.69, 9.17) is 10.8 Å². The highest BCUT2D eigenvalue weighted by Crippen LogP contribution is 2.19. The van der Waals surface area contributed by atoms with E-state index in [9.17, 15) is 73.2 Å². The predicted octanol–water partition coefficient (Wildman–Crippen LogP) is 5.73. The second kappa shape index (κ2) is 39.6. The van der Waals surface area contributed by atoms with Crippen LogP contribution in [0.4, 0.5) is 0 Å². The Hall–Kier alpha value is -5.27. The number of rotatable bonds is 47. The number of amides is 3. The number of hydrogen-bond donors (Lipinski definition) is 9. The molecule has 0 aliphatic heterocycles. The van der Waals surface area contributed by atoms with Crippen LogP contribution in [0.2, 0.25) is 0 Å². The lowest BCUT2D eigenvalue weighted by Gasteiger charge is -2.17. The third kappa shape index (κ3) is 34.6. The van der Waals surface area contributed by atoms with Crippen LogP contribution in [0.1, 0.15) is 200 Å². The fraction of sp³-hybridized carbons (Fsp3) is 0.776. The molecule has 0 saturated carbocycles. The Morgan fingerprint density at radius 1 is 0.406 bits per heavy atom. The fourth-order valence-corrected chi connectivity index (χ4v) is 7.93. The summed E-state index contributed by atoms with van der Waals surface area (Å²) in [5.41, 5.74) is 5.42. The molecule has 0 radical (unpaired) electrons. The van der Waals surface area contributed by atoms with Gasteiger partial charge in [-0.15, -0.1) is 0 Å². The molecule has 0 rings (SSSR count). The first kappa shape index (κ1) is 63.7. The summed E-state index contributed by atoms with van der Waals surface area (Å²) in [6.45, 7) is 2.18. The fourth-order valence-electron chi connectivity index (χ4n) is 7.93. The van der Waals surface area contributed by atoms with E-state index in [-0.39, 0.29) is 69.0 Å². The summed E-state index contributed by atoms with van der Waals surface area (Å²) >= 11 is 0. The van der Waals surface area contributed by atoms with Gasteiger partial charge in [0.1, 0.15) is 29.4 Å². The van der Waals surface area contributed by atoms with Crippen LogP contribution in [0.3, 0.4) is 0 Å². The zero-order valence-electron chi connectivity index (χ0n) is 40.8. The number of nitrogens with one attached hydrogen (secondary N) is 3. The first-order chi connectivity index (χ1) is 32.8. The van der Waals surface area contributed by atoms with Gasteiger partial charge < -0.3 is 47.2 Å². The van der Waals surface area contributed by atoms with Gasteiger partial charge in [0.25, 0.3) is 0 Å². The molecule has 5 atom stereocenters. The van der Waals surface area contributed by atoms with E-state index in [0.717, 1.165) is 57.8 Å². The molecular formula is C49H82N4O16. The minimum atomic E-state index is -1.55. The second-order valence-corrected chi connectivity index (χ2v) is 18.1. The van der Waals surface area contributed by atoms with Crippen molar-refractivity contribution in [2.24, 2.45) is 23.5 Å². The molecule has 0 aliphatic rings. The number of carboxylic acids is 5. The molecule has 394 valence electrons. The highest BCUT2D eigenvalue weighted by Gasteiger charge is 2.28. The van der Waals surface area contributed by atoms with Crippen LogP contribution in [-0.2, 0) is 52.7 Å². The van der Waals surface area contributed by atoms with Crippen LogP contribution in [0, 0.1) is 17.8 Å². The maximum Gasteiger partial charge on any atom is 0.326 e. The number of hydrogen-bond acceptors (Lipinski definition) is 12. The normalized spacial score (nSPS) is 13.2. The van der Waals surface area contributed by atoms with E-state index in [0.29, 0.717) is 38.6 Å². The average Bonchev–Trinajstić information content (AvgIpc) is 3.29. The third-order valence-corrected chi connectivity index (χ3v) is 12.3. The lowest BCUT2D eigenvalue weighted by atomic mass is 9.94. The van der Waals surface area contributed by atoms with Crippen molar-refractivity contribution in [1.82, 2.24) is 16.0 Å². The van der Waals surface area contributed by atoms with Crippen LogP contribution in [-0.4, -0.2) is 116 Å². The third-order valence-electron chi connectivity index (χ3n) is 12.3. The number of carboxylic acid groups (broad SMARTS) is 5. The molecule has 0 aromatic carbocycles. The molecule has 0 fully saturated rings. The van der Waals surface area contributed by atoms with Gasteiger partial charge in [0.15, 0.2) is 0 Å². The Labute approximate surface area is 406 Å². The minimum absolute atomic E-state index is 0.0182. The molecule has 0 aromatic heterocycles. The number of unbranched alkanes of at least 4 members (excludes halogenated alkanes) is 14. The molecule has 69 heavy (non-hydrogen) atoms. The Morgan fingerprint density at radius 3 is 1.19 bits per heavy atom. The summed E-state index contributed by atoms with van der Waals surface area (Å²) in [7, 11) is 0. The standard InChI is InChI=1S/C49H82N4O16/c1-2-34(41(56)33-50)19-17-18-30-51-42(57)29-26-40(49(68)69)53-44(59)28-23-36(47(64)65)32-38(55)24-25-39(48(66)67)52-43(58)27-22-35(46(62)63)31-37(54)20-15-13-11-9-7-5-3-4-6-8-10-12-14-16-21-45(60)61/h34-36,39-40H,2-33,50H2,1H3,(H,51,57)(H,52,58)(H,53,59)(H,60,61)(H,62,63)(H,64,65)(H,66,67)(H,68,69)/t34-,35+,36+,39-,40-/m0/s1. The Kier molecular flexibility index (Phi) is 36.5. The lowest BCUT2D eigenvalue weighted by Crippen LogP contribution is -2.42. The van der Waals surface area contributed by atoms with Crippen LogP contribution in [0.25, 0.3) is 0 Å². The van der Waals surface area contributed by atoms with Gasteiger partial charge in [0.2, 0.25) is 17.7 Å². The molecule has 0 bridgehead atoms. The van der Waals surface area contributed by atoms with Crippen molar-refractivity contribution < 1.29 is 78.3 Å². The van der Waals surface area contributed by atoms with E-state index < -0.39 is 109 Å². The summed E-state index contributed by atoms with van der Waals surface area (Å²) in [6, 6.07) is -3.00. The number of carbonyl (C=O) groups is 11. The molecule has 0 aliphatic carbocycles. The number of aliphatic carboxylic acids is 5. The molecule has 0 saturated heterocycles. The van der Waals surface area contributed by atoms with Gasteiger partial charge in [-0.2, -0.15) is 0 Å². The Bertz CT molecular complexity index is 1620. The zero-order valence-corrected chi connectivity index (χ0v) is 40.8. The number of ketones is 3. The smallest absolute Gasteiger partial charge is 0.326 e. The van der Waals surface area contributed by atoms with Crippen molar-refractivity contribution in [3.8, 4) is 0 Å². The molecular weight excluding hydrogens is 901 g/mol. The van der Waals surface area contributed by atoms with E-state index in [2.05, 4.69) is 16.0 Å². The molecule has 20 nitrogen and oxygen atoms in total. The van der Waals surface area contributed by atoms with Gasteiger partial charge in [-0.05, 0) is 57.8 Å².